The average Bonchev–Trinajstić information content (AvgIpc) is 2.21. The molecule has 0 aliphatic rings. The van der Waals surface area contributed by atoms with Crippen LogP contribution in [-0.2, 0) is 0 Å². The van der Waals surface area contributed by atoms with Crippen LogP contribution >= 0.6 is 15.1 Å². The van der Waals surface area contributed by atoms with E-state index in [-0.39, 0.29) is 11.6 Å². The molecule has 6 heteroatoms. The number of nitrogens with one attached hydrogen (secondary N) is 1. The highest BCUT2D eigenvalue weighted by atomic mass is 31.1. The van der Waals surface area contributed by atoms with E-state index in [4.69, 9.17) is 17.2 Å². The van der Waals surface area contributed by atoms with Gasteiger partial charge in [0.05, 0.1) is 19.3 Å². The standard InChI is InChI=1S/C9H24N4P2/c1-14(2)8(11)9(12)15(3)7-6-13-5-4-10/h8-9,13H,1,3-7,10-12H2,2H3/q+2. The summed E-state index contributed by atoms with van der Waals surface area (Å²) in [5.41, 5.74) is 17.4. The molecule has 0 rings (SSSR count). The molecule has 0 amide bonds. The number of rotatable bonds is 8. The van der Waals surface area contributed by atoms with E-state index in [9.17, 15) is 0 Å². The number of nitrogens with two attached hydrogens (primary N) is 3. The van der Waals surface area contributed by atoms with E-state index in [1.165, 1.54) is 0 Å². The van der Waals surface area contributed by atoms with E-state index in [0.29, 0.717) is 6.54 Å². The Morgan fingerprint density at radius 2 is 1.80 bits per heavy atom. The lowest BCUT2D eigenvalue weighted by Gasteiger charge is -2.08. The van der Waals surface area contributed by atoms with Crippen molar-refractivity contribution in [2.45, 2.75) is 11.6 Å². The molecule has 88 valence electrons. The lowest BCUT2D eigenvalue weighted by molar-refractivity contribution is 0.725. The second-order valence-corrected chi connectivity index (χ2v) is 7.92. The molecule has 0 aliphatic heterocycles. The number of hydrogen-bond acceptors (Lipinski definition) is 4. The topological polar surface area (TPSA) is 90.1 Å². The first-order chi connectivity index (χ1) is 7.00. The summed E-state index contributed by atoms with van der Waals surface area (Å²) < 4.78 is 0. The fourth-order valence-electron chi connectivity index (χ4n) is 1.08. The van der Waals surface area contributed by atoms with Gasteiger partial charge in [-0.1, -0.05) is 0 Å². The maximum atomic E-state index is 6.04. The summed E-state index contributed by atoms with van der Waals surface area (Å²) in [6.07, 6.45) is 9.07. The first-order valence-corrected chi connectivity index (χ1v) is 8.85. The van der Waals surface area contributed by atoms with Gasteiger partial charge in [0.15, 0.2) is 0 Å². The van der Waals surface area contributed by atoms with Crippen LogP contribution in [0.1, 0.15) is 0 Å². The first-order valence-electron chi connectivity index (χ1n) is 5.03. The summed E-state index contributed by atoms with van der Waals surface area (Å²) in [5.74, 6) is 0.0198. The van der Waals surface area contributed by atoms with Gasteiger partial charge in [-0.15, -0.1) is 0 Å². The third-order valence-corrected chi connectivity index (χ3v) is 5.71. The molecule has 0 fully saturated rings. The zero-order valence-electron chi connectivity index (χ0n) is 9.52. The van der Waals surface area contributed by atoms with Crippen molar-refractivity contribution in [2.75, 3.05) is 32.5 Å². The second-order valence-electron chi connectivity index (χ2n) is 3.59. The molecule has 0 radical (unpaired) electrons. The molecular formula is C9H24N4P2+2. The summed E-state index contributed by atoms with van der Waals surface area (Å²) in [7, 11) is -0.871. The Kier molecular flexibility index (Phi) is 8.45. The van der Waals surface area contributed by atoms with Crippen LogP contribution in [0.4, 0.5) is 0 Å². The monoisotopic (exact) mass is 250 g/mol. The Balaban J connectivity index is 3.84. The van der Waals surface area contributed by atoms with Crippen molar-refractivity contribution < 1.29 is 0 Å². The van der Waals surface area contributed by atoms with E-state index in [1.807, 2.05) is 0 Å². The zero-order valence-corrected chi connectivity index (χ0v) is 11.3. The summed E-state index contributed by atoms with van der Waals surface area (Å²) in [6, 6.07) is 0. The maximum absolute atomic E-state index is 6.04. The predicted octanol–water partition coefficient (Wildman–Crippen LogP) is -0.438. The van der Waals surface area contributed by atoms with Crippen molar-refractivity contribution in [3.05, 3.63) is 0 Å². The highest BCUT2D eigenvalue weighted by Crippen LogP contribution is 2.32. The number of hydrogen-bond donors (Lipinski definition) is 4. The summed E-state index contributed by atoms with van der Waals surface area (Å²) >= 11 is 0. The van der Waals surface area contributed by atoms with Crippen LogP contribution in [-0.4, -0.2) is 56.6 Å². The molecule has 4 atom stereocenters. The van der Waals surface area contributed by atoms with E-state index in [2.05, 4.69) is 24.6 Å². The lowest BCUT2D eigenvalue weighted by Crippen LogP contribution is -2.37. The molecular weight excluding hydrogens is 226 g/mol. The fraction of sp³-hybridized carbons (Fsp3) is 0.778. The lowest BCUT2D eigenvalue weighted by atomic mass is 10.6. The van der Waals surface area contributed by atoms with Crippen molar-refractivity contribution in [2.24, 2.45) is 17.2 Å². The van der Waals surface area contributed by atoms with Crippen LogP contribution in [0.3, 0.4) is 0 Å². The largest absolute Gasteiger partial charge is 0.329 e. The van der Waals surface area contributed by atoms with Crippen molar-refractivity contribution in [3.8, 4) is 0 Å². The quantitative estimate of drug-likeness (QED) is 0.347. The summed E-state index contributed by atoms with van der Waals surface area (Å²) in [6.45, 7) is 4.49. The molecule has 4 unspecified atom stereocenters. The van der Waals surface area contributed by atoms with Gasteiger partial charge in [0.25, 0.3) is 0 Å². The predicted molar refractivity (Wildman–Crippen MR) is 76.7 cm³/mol. The van der Waals surface area contributed by atoms with Gasteiger partial charge in [-0.25, -0.2) is 0 Å². The Hall–Kier alpha value is 0.180. The SMILES string of the molecule is C=[P+](C)C(N)C(N)[P+](=C)CCNCCN. The molecule has 0 heterocycles. The minimum atomic E-state index is -0.455. The third kappa shape index (κ3) is 6.36. The van der Waals surface area contributed by atoms with Crippen LogP contribution in [0.5, 0.6) is 0 Å². The molecule has 0 saturated carbocycles. The Labute approximate surface area is 94.7 Å². The van der Waals surface area contributed by atoms with Crippen molar-refractivity contribution in [1.82, 2.24) is 5.32 Å². The normalized spacial score (nSPS) is 17.1. The Morgan fingerprint density at radius 3 is 2.27 bits per heavy atom. The van der Waals surface area contributed by atoms with E-state index in [1.54, 1.807) is 0 Å². The molecule has 7 N–H and O–H groups in total. The van der Waals surface area contributed by atoms with E-state index in [0.717, 1.165) is 19.3 Å². The van der Waals surface area contributed by atoms with Gasteiger partial charge >= 0.3 is 0 Å². The maximum Gasteiger partial charge on any atom is 0.221 e. The molecule has 0 aromatic rings. The highest BCUT2D eigenvalue weighted by Gasteiger charge is 2.31. The molecule has 15 heavy (non-hydrogen) atoms. The highest BCUT2D eigenvalue weighted by molar-refractivity contribution is 7.60. The Bertz CT molecular complexity index is 220. The Morgan fingerprint density at radius 1 is 1.20 bits per heavy atom. The van der Waals surface area contributed by atoms with Gasteiger partial charge in [0.1, 0.15) is 21.3 Å². The minimum Gasteiger partial charge on any atom is -0.329 e. The van der Waals surface area contributed by atoms with Gasteiger partial charge < -0.3 is 11.1 Å². The molecule has 0 spiro atoms. The summed E-state index contributed by atoms with van der Waals surface area (Å²) in [4.78, 5) is 0. The molecule has 4 nitrogen and oxygen atoms in total. The molecule has 0 aromatic carbocycles. The van der Waals surface area contributed by atoms with Gasteiger partial charge in [-0.2, -0.15) is 0 Å². The fourth-order valence-corrected chi connectivity index (χ4v) is 4.02. The molecule has 0 bridgehead atoms. The van der Waals surface area contributed by atoms with Crippen LogP contribution in [0.2, 0.25) is 0 Å². The van der Waals surface area contributed by atoms with Crippen molar-refractivity contribution >= 4 is 27.7 Å². The minimum absolute atomic E-state index is 0.00767. The first kappa shape index (κ1) is 15.2. The van der Waals surface area contributed by atoms with Gasteiger partial charge in [-0.3, -0.25) is 11.5 Å². The van der Waals surface area contributed by atoms with Gasteiger partial charge in [0, 0.05) is 19.6 Å². The van der Waals surface area contributed by atoms with Gasteiger partial charge in [0.2, 0.25) is 11.6 Å². The molecule has 0 aliphatic carbocycles. The van der Waals surface area contributed by atoms with Crippen molar-refractivity contribution in [3.63, 3.8) is 0 Å². The van der Waals surface area contributed by atoms with Crippen LogP contribution in [0, 0.1) is 0 Å². The van der Waals surface area contributed by atoms with Crippen LogP contribution in [0.15, 0.2) is 0 Å². The average molecular weight is 250 g/mol. The van der Waals surface area contributed by atoms with Crippen molar-refractivity contribution in [1.29, 1.82) is 0 Å². The van der Waals surface area contributed by atoms with E-state index >= 15 is 0 Å². The molecule has 0 saturated heterocycles. The smallest absolute Gasteiger partial charge is 0.221 e. The summed E-state index contributed by atoms with van der Waals surface area (Å²) in [5, 5.41) is 3.23. The van der Waals surface area contributed by atoms with Crippen LogP contribution < -0.4 is 22.5 Å². The zero-order chi connectivity index (χ0) is 11.8. The van der Waals surface area contributed by atoms with Crippen LogP contribution in [0.25, 0.3) is 0 Å². The van der Waals surface area contributed by atoms with Gasteiger partial charge in [-0.05, 0) is 0 Å². The third-order valence-electron chi connectivity index (χ3n) is 2.18. The molecule has 0 aromatic heterocycles. The second kappa shape index (κ2) is 8.35. The van der Waals surface area contributed by atoms with E-state index < -0.39 is 15.1 Å².